The molecule has 5 heteroatoms. The number of anilines is 1. The molecule has 1 unspecified atom stereocenters. The summed E-state index contributed by atoms with van der Waals surface area (Å²) in [5, 5.41) is 2.09. The second-order valence-electron chi connectivity index (χ2n) is 4.74. The first-order valence-corrected chi connectivity index (χ1v) is 7.32. The monoisotopic (exact) mass is 275 g/mol. The third-order valence-electron chi connectivity index (χ3n) is 3.20. The van der Waals surface area contributed by atoms with Gasteiger partial charge in [0.2, 0.25) is 0 Å². The van der Waals surface area contributed by atoms with E-state index in [-0.39, 0.29) is 6.10 Å². The van der Waals surface area contributed by atoms with E-state index in [1.807, 2.05) is 19.9 Å². The van der Waals surface area contributed by atoms with Crippen LogP contribution in [0.5, 0.6) is 0 Å². The first-order chi connectivity index (χ1) is 9.22. The zero-order valence-corrected chi connectivity index (χ0v) is 12.0. The molecular weight excluding hydrogens is 258 g/mol. The normalized spacial score (nSPS) is 19.7. The van der Waals surface area contributed by atoms with Crippen LogP contribution < -0.4 is 4.90 Å². The number of morpholine rings is 1. The average Bonchev–Trinajstić information content (AvgIpc) is 2.92. The van der Waals surface area contributed by atoms with E-state index in [9.17, 15) is 0 Å². The molecule has 2 aromatic rings. The molecule has 3 rings (SSSR count). The predicted octanol–water partition coefficient (Wildman–Crippen LogP) is 2.73. The lowest BCUT2D eigenvalue weighted by Gasteiger charge is -2.33. The first-order valence-electron chi connectivity index (χ1n) is 6.44. The van der Waals surface area contributed by atoms with E-state index in [0.717, 1.165) is 37.0 Å². The molecule has 0 spiro atoms. The van der Waals surface area contributed by atoms with Crippen LogP contribution in [0, 0.1) is 13.8 Å². The molecular formula is C14H17N3OS. The van der Waals surface area contributed by atoms with Crippen LogP contribution >= 0.6 is 11.3 Å². The summed E-state index contributed by atoms with van der Waals surface area (Å²) in [6.45, 7) is 6.43. The molecule has 0 radical (unpaired) electrons. The quantitative estimate of drug-likeness (QED) is 0.844. The van der Waals surface area contributed by atoms with E-state index in [1.165, 1.54) is 4.88 Å². The highest BCUT2D eigenvalue weighted by Gasteiger charge is 2.23. The zero-order valence-electron chi connectivity index (χ0n) is 11.2. The fraction of sp³-hybridized carbons (Fsp3) is 0.429. The highest BCUT2D eigenvalue weighted by Crippen LogP contribution is 2.28. The van der Waals surface area contributed by atoms with E-state index < -0.39 is 0 Å². The van der Waals surface area contributed by atoms with Crippen LogP contribution in [0.15, 0.2) is 23.6 Å². The van der Waals surface area contributed by atoms with Crippen LogP contribution in [-0.2, 0) is 4.74 Å². The highest BCUT2D eigenvalue weighted by molar-refractivity contribution is 7.10. The molecule has 19 heavy (non-hydrogen) atoms. The molecule has 1 saturated heterocycles. The maximum atomic E-state index is 5.86. The zero-order chi connectivity index (χ0) is 13.2. The summed E-state index contributed by atoms with van der Waals surface area (Å²) >= 11 is 1.75. The second-order valence-corrected chi connectivity index (χ2v) is 5.71. The minimum absolute atomic E-state index is 0.157. The number of ether oxygens (including phenoxy) is 1. The fourth-order valence-electron chi connectivity index (χ4n) is 2.36. The minimum atomic E-state index is 0.157. The third-order valence-corrected chi connectivity index (χ3v) is 4.17. The van der Waals surface area contributed by atoms with Gasteiger partial charge in [0.15, 0.2) is 0 Å². The lowest BCUT2D eigenvalue weighted by molar-refractivity contribution is 0.0418. The molecule has 4 nitrogen and oxygen atoms in total. The van der Waals surface area contributed by atoms with Crippen molar-refractivity contribution in [3.63, 3.8) is 0 Å². The number of rotatable bonds is 2. The van der Waals surface area contributed by atoms with Crippen LogP contribution in [0.4, 0.5) is 5.82 Å². The molecule has 1 aliphatic heterocycles. The summed E-state index contributed by atoms with van der Waals surface area (Å²) in [4.78, 5) is 12.4. The number of hydrogen-bond donors (Lipinski definition) is 0. The van der Waals surface area contributed by atoms with Crippen LogP contribution in [0.25, 0.3) is 0 Å². The van der Waals surface area contributed by atoms with Gasteiger partial charge in [-0.15, -0.1) is 11.3 Å². The van der Waals surface area contributed by atoms with Gasteiger partial charge in [-0.2, -0.15) is 0 Å². The SMILES string of the molecule is Cc1cc(N2CCOC(c3cccs3)C2)nc(C)n1. The van der Waals surface area contributed by atoms with E-state index in [1.54, 1.807) is 11.3 Å². The molecule has 0 saturated carbocycles. The Labute approximate surface area is 117 Å². The number of nitrogens with zero attached hydrogens (tertiary/aromatic N) is 3. The molecule has 0 amide bonds. The summed E-state index contributed by atoms with van der Waals surface area (Å²) in [6.07, 6.45) is 0.157. The van der Waals surface area contributed by atoms with Crippen LogP contribution in [0.2, 0.25) is 0 Å². The van der Waals surface area contributed by atoms with Gasteiger partial charge in [0.1, 0.15) is 17.7 Å². The van der Waals surface area contributed by atoms with Gasteiger partial charge >= 0.3 is 0 Å². The number of aromatic nitrogens is 2. The van der Waals surface area contributed by atoms with Crippen LogP contribution in [0.1, 0.15) is 22.5 Å². The first kappa shape index (κ1) is 12.6. The Morgan fingerprint density at radius 3 is 3.00 bits per heavy atom. The molecule has 3 heterocycles. The fourth-order valence-corrected chi connectivity index (χ4v) is 3.13. The van der Waals surface area contributed by atoms with Gasteiger partial charge in [0.05, 0.1) is 13.2 Å². The lowest BCUT2D eigenvalue weighted by atomic mass is 10.2. The Morgan fingerprint density at radius 2 is 2.26 bits per heavy atom. The molecule has 100 valence electrons. The lowest BCUT2D eigenvalue weighted by Crippen LogP contribution is -2.38. The van der Waals surface area contributed by atoms with Gasteiger partial charge in [0, 0.05) is 23.2 Å². The highest BCUT2D eigenvalue weighted by atomic mass is 32.1. The molecule has 0 N–H and O–H groups in total. The molecule has 2 aromatic heterocycles. The Kier molecular flexibility index (Phi) is 3.48. The van der Waals surface area contributed by atoms with Crippen molar-refractivity contribution in [1.29, 1.82) is 0 Å². The van der Waals surface area contributed by atoms with Crippen molar-refractivity contribution < 1.29 is 4.74 Å². The van der Waals surface area contributed by atoms with Gasteiger partial charge in [0.25, 0.3) is 0 Å². The van der Waals surface area contributed by atoms with Gasteiger partial charge in [-0.25, -0.2) is 9.97 Å². The second kappa shape index (κ2) is 5.27. The largest absolute Gasteiger partial charge is 0.369 e. The maximum absolute atomic E-state index is 5.86. The minimum Gasteiger partial charge on any atom is -0.369 e. The maximum Gasteiger partial charge on any atom is 0.132 e. The number of aryl methyl sites for hydroxylation is 2. The summed E-state index contributed by atoms with van der Waals surface area (Å²) in [5.41, 5.74) is 1.02. The van der Waals surface area contributed by atoms with Gasteiger partial charge < -0.3 is 9.64 Å². The van der Waals surface area contributed by atoms with Crippen molar-refractivity contribution in [3.05, 3.63) is 40.0 Å². The number of hydrogen-bond acceptors (Lipinski definition) is 5. The standard InChI is InChI=1S/C14H17N3OS/c1-10-8-14(16-11(2)15-10)17-5-6-18-12(9-17)13-4-3-7-19-13/h3-4,7-8,12H,5-6,9H2,1-2H3. The van der Waals surface area contributed by atoms with Crippen molar-refractivity contribution in [2.24, 2.45) is 0 Å². The summed E-state index contributed by atoms with van der Waals surface area (Å²) in [5.74, 6) is 1.84. The van der Waals surface area contributed by atoms with Crippen LogP contribution in [-0.4, -0.2) is 29.7 Å². The van der Waals surface area contributed by atoms with E-state index in [4.69, 9.17) is 4.74 Å². The Hall–Kier alpha value is -1.46. The van der Waals surface area contributed by atoms with Crippen molar-refractivity contribution in [2.75, 3.05) is 24.6 Å². The molecule has 0 bridgehead atoms. The van der Waals surface area contributed by atoms with Crippen molar-refractivity contribution >= 4 is 17.2 Å². The summed E-state index contributed by atoms with van der Waals surface area (Å²) in [7, 11) is 0. The van der Waals surface area contributed by atoms with Gasteiger partial charge in [-0.1, -0.05) is 6.07 Å². The molecule has 1 fully saturated rings. The molecule has 0 aromatic carbocycles. The van der Waals surface area contributed by atoms with E-state index >= 15 is 0 Å². The molecule has 1 atom stereocenters. The summed E-state index contributed by atoms with van der Waals surface area (Å²) < 4.78 is 5.86. The molecule has 0 aliphatic carbocycles. The van der Waals surface area contributed by atoms with E-state index in [2.05, 4.69) is 32.4 Å². The predicted molar refractivity (Wildman–Crippen MR) is 76.7 cm³/mol. The number of thiophene rings is 1. The van der Waals surface area contributed by atoms with Gasteiger partial charge in [-0.3, -0.25) is 0 Å². The Morgan fingerprint density at radius 1 is 1.37 bits per heavy atom. The van der Waals surface area contributed by atoms with Crippen molar-refractivity contribution in [3.8, 4) is 0 Å². The topological polar surface area (TPSA) is 38.2 Å². The smallest absolute Gasteiger partial charge is 0.132 e. The Balaban J connectivity index is 1.81. The van der Waals surface area contributed by atoms with Crippen molar-refractivity contribution in [2.45, 2.75) is 20.0 Å². The summed E-state index contributed by atoms with van der Waals surface area (Å²) in [6, 6.07) is 6.25. The average molecular weight is 275 g/mol. The molecule has 1 aliphatic rings. The van der Waals surface area contributed by atoms with E-state index in [0.29, 0.717) is 0 Å². The Bertz CT molecular complexity index is 536. The third kappa shape index (κ3) is 2.77. The van der Waals surface area contributed by atoms with Crippen LogP contribution in [0.3, 0.4) is 0 Å². The van der Waals surface area contributed by atoms with Gasteiger partial charge in [-0.05, 0) is 25.3 Å². The van der Waals surface area contributed by atoms with Crippen molar-refractivity contribution in [1.82, 2.24) is 9.97 Å².